The first-order valence-corrected chi connectivity index (χ1v) is 37.7. The van der Waals surface area contributed by atoms with Gasteiger partial charge in [0.2, 0.25) is 6.29 Å². The monoisotopic (exact) mass is 1540 g/mol. The lowest BCUT2D eigenvalue weighted by Gasteiger charge is -2.71. The molecule has 7 aliphatic heterocycles. The molecule has 36 heteroatoms. The van der Waals surface area contributed by atoms with Crippen molar-refractivity contribution >= 4 is 5.97 Å². The van der Waals surface area contributed by atoms with Gasteiger partial charge in [0.1, 0.15) is 153 Å². The van der Waals surface area contributed by atoms with Crippen molar-refractivity contribution in [1.82, 2.24) is 0 Å². The van der Waals surface area contributed by atoms with E-state index >= 15 is 4.79 Å². The fourth-order valence-corrected chi connectivity index (χ4v) is 20.5. The average Bonchev–Trinajstić information content (AvgIpc) is 0.674. The van der Waals surface area contributed by atoms with Gasteiger partial charge in [0.25, 0.3) is 0 Å². The number of aliphatic hydroxyl groups is 21. The van der Waals surface area contributed by atoms with Gasteiger partial charge in [-0.3, -0.25) is 4.79 Å². The Morgan fingerprint density at radius 3 is 1.56 bits per heavy atom. The number of carbonyl (C=O) groups excluding carboxylic acids is 1. The summed E-state index contributed by atoms with van der Waals surface area (Å²) in [5, 5.41) is 231. The van der Waals surface area contributed by atoms with E-state index in [1.54, 1.807) is 0 Å². The number of carbonyl (C=O) groups is 1. The van der Waals surface area contributed by atoms with Gasteiger partial charge >= 0.3 is 5.97 Å². The smallest absolute Gasteiger partial charge is 0.315 e. The molecule has 43 atom stereocenters. The molecule has 11 fully saturated rings. The van der Waals surface area contributed by atoms with E-state index in [2.05, 4.69) is 40.7 Å². The number of aliphatic hydroxyl groups excluding tert-OH is 21. The number of ether oxygens (including phenoxy) is 14. The normalized spacial score (nSPS) is 55.1. The summed E-state index contributed by atoms with van der Waals surface area (Å²) in [5.41, 5.74) is -2.78. The molecule has 7 heterocycles. The Hall–Kier alpha value is -2.15. The van der Waals surface area contributed by atoms with Gasteiger partial charge in [-0.15, -0.1) is 0 Å². The molecule has 0 spiro atoms. The van der Waals surface area contributed by atoms with Crippen LogP contribution in [0.1, 0.15) is 120 Å². The molecule has 0 amide bonds. The van der Waals surface area contributed by atoms with Gasteiger partial charge in [-0.05, 0) is 117 Å². The highest BCUT2D eigenvalue weighted by Gasteiger charge is 2.71. The second kappa shape index (κ2) is 32.1. The van der Waals surface area contributed by atoms with Gasteiger partial charge in [-0.25, -0.2) is 0 Å². The largest absolute Gasteiger partial charge is 0.432 e. The molecule has 0 radical (unpaired) electrons. The van der Waals surface area contributed by atoms with Gasteiger partial charge in [-0.1, -0.05) is 53.2 Å². The van der Waals surface area contributed by atoms with Crippen LogP contribution in [0, 0.1) is 50.2 Å². The molecule has 21 N–H and O–H groups in total. The number of hydrogen-bond donors (Lipinski definition) is 21. The maximum absolute atomic E-state index is 15.3. The van der Waals surface area contributed by atoms with Gasteiger partial charge < -0.3 is 174 Å². The second-order valence-electron chi connectivity index (χ2n) is 34.1. The lowest BCUT2D eigenvalue weighted by molar-refractivity contribution is -0.400. The first-order chi connectivity index (χ1) is 50.3. The summed E-state index contributed by atoms with van der Waals surface area (Å²) in [5.74, 6) is -1.30. The van der Waals surface area contributed by atoms with Gasteiger partial charge in [0.15, 0.2) is 37.7 Å². The molecule has 7 saturated heterocycles. The summed E-state index contributed by atoms with van der Waals surface area (Å²) in [6.07, 6.45) is -52.7. The van der Waals surface area contributed by atoms with Crippen LogP contribution in [0.15, 0.2) is 11.6 Å². The highest BCUT2D eigenvalue weighted by molar-refractivity contribution is 5.79. The molecule has 616 valence electrons. The third-order valence-corrected chi connectivity index (χ3v) is 27.4. The summed E-state index contributed by atoms with van der Waals surface area (Å²) in [7, 11) is 0. The minimum absolute atomic E-state index is 0.0234. The van der Waals surface area contributed by atoms with Crippen molar-refractivity contribution in [2.24, 2.45) is 50.2 Å². The molecule has 12 rings (SSSR count). The Balaban J connectivity index is 0.779. The van der Waals surface area contributed by atoms with Crippen molar-refractivity contribution in [3.05, 3.63) is 11.6 Å². The van der Waals surface area contributed by atoms with Crippen molar-refractivity contribution < 1.29 is 178 Å². The predicted molar refractivity (Wildman–Crippen MR) is 353 cm³/mol. The molecule has 0 bridgehead atoms. The standard InChI is InChI=1S/C71H116O36/c1-26-38(77)43(82)49(88)59(96-26)104-55-33(22-74)100-61(52(91)47(55)86)105-56-39(78)27(2)97-63(53(56)92)106-57-54(103-60-50(89)45(84)41(80)32(21-73)99-60)30(76)23-94-64(57)102-37-12-13-67(5)35(68(37,6)25-75)11-14-70(8)36(67)10-9-28-29-19-66(3,4)15-17-71(29,18-16-69(28,70)7)65(93)107-62-51(90)46(85)42(81)34(101-62)24-95-58-48(87)44(83)40(79)31(20-72)98-58/h9,26-27,29-64,72-92H,10-25H2,1-8H3/t26-,27-,29-,30-,31+,32+,33+,34+,35+,36+,37-,38-,39-,40+,41+,42+,43+,44-,45-,46-,47+,48+,49+,50+,51+,52+,53+,54-,55+,56+,57+,58+,59-,60-,61-,62-,63-,64-,67-,68-,69+,70+,71-/m0/s1. The molecular formula is C71H116O36. The molecule has 12 aliphatic rings. The Kier molecular flexibility index (Phi) is 25.3. The molecule has 0 unspecified atom stereocenters. The molecule has 0 aromatic carbocycles. The summed E-state index contributed by atoms with van der Waals surface area (Å²) in [4.78, 5) is 15.3. The zero-order valence-electron chi connectivity index (χ0n) is 61.3. The van der Waals surface area contributed by atoms with Crippen LogP contribution in [0.2, 0.25) is 0 Å². The van der Waals surface area contributed by atoms with Gasteiger partial charge in [0, 0.05) is 5.41 Å². The van der Waals surface area contributed by atoms with Crippen LogP contribution < -0.4 is 0 Å². The average molecular weight is 1550 g/mol. The van der Waals surface area contributed by atoms with Crippen molar-refractivity contribution in [2.45, 2.75) is 335 Å². The fraction of sp³-hybridized carbons (Fsp3) is 0.958. The quantitative estimate of drug-likeness (QED) is 0.0325. The highest BCUT2D eigenvalue weighted by Crippen LogP contribution is 2.76. The van der Waals surface area contributed by atoms with Crippen molar-refractivity contribution in [1.29, 1.82) is 0 Å². The Bertz CT molecular complexity index is 3030. The van der Waals surface area contributed by atoms with E-state index < -0.39 is 288 Å². The van der Waals surface area contributed by atoms with Crippen molar-refractivity contribution in [3.8, 4) is 0 Å². The zero-order chi connectivity index (χ0) is 78.0. The maximum Gasteiger partial charge on any atom is 0.315 e. The van der Waals surface area contributed by atoms with Crippen LogP contribution >= 0.6 is 0 Å². The van der Waals surface area contributed by atoms with E-state index in [4.69, 9.17) is 66.3 Å². The lowest BCUT2D eigenvalue weighted by Crippen LogP contribution is -2.68. The third kappa shape index (κ3) is 14.8. The number of allylic oxidation sites excluding steroid dienone is 2. The topological polar surface area (TPSA) is 571 Å². The molecule has 5 aliphatic carbocycles. The molecular weight excluding hydrogens is 1430 g/mol. The van der Waals surface area contributed by atoms with Crippen LogP contribution in [0.25, 0.3) is 0 Å². The Morgan fingerprint density at radius 1 is 0.449 bits per heavy atom. The zero-order valence-corrected chi connectivity index (χ0v) is 61.3. The summed E-state index contributed by atoms with van der Waals surface area (Å²) >= 11 is 0. The molecule has 0 aromatic rings. The van der Waals surface area contributed by atoms with Gasteiger partial charge in [-0.2, -0.15) is 0 Å². The minimum Gasteiger partial charge on any atom is -0.432 e. The van der Waals surface area contributed by atoms with Crippen LogP contribution in [0.4, 0.5) is 0 Å². The first-order valence-electron chi connectivity index (χ1n) is 37.7. The number of rotatable bonds is 19. The third-order valence-electron chi connectivity index (χ3n) is 27.4. The van der Waals surface area contributed by atoms with Gasteiger partial charge in [0.05, 0.1) is 63.4 Å². The lowest BCUT2D eigenvalue weighted by atomic mass is 9.33. The van der Waals surface area contributed by atoms with Crippen LogP contribution in [-0.4, -0.2) is 368 Å². The van der Waals surface area contributed by atoms with Crippen LogP contribution in [0.5, 0.6) is 0 Å². The van der Waals surface area contributed by atoms with E-state index in [9.17, 15) is 107 Å². The first kappa shape index (κ1) is 84.3. The second-order valence-corrected chi connectivity index (χ2v) is 34.1. The number of esters is 1. The summed E-state index contributed by atoms with van der Waals surface area (Å²) < 4.78 is 84.6. The maximum atomic E-state index is 15.3. The molecule has 4 saturated carbocycles. The van der Waals surface area contributed by atoms with E-state index in [-0.39, 0.29) is 23.2 Å². The predicted octanol–water partition coefficient (Wildman–Crippen LogP) is -6.90. The minimum atomic E-state index is -2.10. The fourth-order valence-electron chi connectivity index (χ4n) is 20.5. The SMILES string of the molecule is C[C@@H]1O[C@@H](O[C@H]2[C@H](O)[C@@H](O)[C@H](O[C@@H]3[C@@H](O)[C@H](C)O[C@@H](O[C@H]4[C@H](O[C@H]5CC[C@@]6(C)[C@@H](CC[C@]7(C)[C@@H]6CC=C6[C@@H]8CC(C)(C)CC[C@]8(C(=O)O[C@@H]8O[C@H](CO[C@@H]9O[C@H](CO)[C@@H](O)[C@H](O)[C@H]9O)[C@@H](O)[C@H](O)[C@H]8O)CC[C@]67C)[C@]5(C)CO)OC[C@H](O)[C@@H]4O[C@@H]4O[C@H](CO)[C@@H](O)[C@H](O)[C@H]4O)[C@@H]3O)O[C@@H]2CO)[C@H](O)[C@H](O)[C@H]1O. The van der Waals surface area contributed by atoms with Crippen molar-refractivity contribution in [2.75, 3.05) is 39.6 Å². The molecule has 0 aromatic heterocycles. The van der Waals surface area contributed by atoms with Crippen molar-refractivity contribution in [3.63, 3.8) is 0 Å². The van der Waals surface area contributed by atoms with Crippen LogP contribution in [0.3, 0.4) is 0 Å². The summed E-state index contributed by atoms with van der Waals surface area (Å²) in [6.45, 7) is 11.7. The van der Waals surface area contributed by atoms with Crippen LogP contribution in [-0.2, 0) is 71.1 Å². The Morgan fingerprint density at radius 2 is 0.944 bits per heavy atom. The summed E-state index contributed by atoms with van der Waals surface area (Å²) in [6, 6.07) is 0. The number of hydrogen-bond acceptors (Lipinski definition) is 36. The van der Waals surface area contributed by atoms with E-state index in [0.717, 1.165) is 5.57 Å². The molecule has 107 heavy (non-hydrogen) atoms. The highest BCUT2D eigenvalue weighted by atomic mass is 16.8. The molecule has 36 nitrogen and oxygen atoms in total. The van der Waals surface area contributed by atoms with E-state index in [1.807, 2.05) is 6.92 Å². The van der Waals surface area contributed by atoms with E-state index in [1.165, 1.54) is 13.8 Å². The number of fused-ring (bicyclic) bond motifs is 7. The van der Waals surface area contributed by atoms with E-state index in [0.29, 0.717) is 64.2 Å². The Labute approximate surface area is 618 Å².